The molecule has 4 aromatic heterocycles. The molecule has 0 unspecified atom stereocenters. The Morgan fingerprint density at radius 1 is 0.975 bits per heavy atom. The molecule has 0 saturated carbocycles. The Labute approximate surface area is 228 Å². The first-order valence-corrected chi connectivity index (χ1v) is 12.1. The molecule has 0 spiro atoms. The van der Waals surface area contributed by atoms with Crippen molar-refractivity contribution in [2.45, 2.75) is 13.8 Å². The van der Waals surface area contributed by atoms with E-state index in [-0.39, 0.29) is 22.8 Å². The minimum Gasteiger partial charge on any atom is -0.491 e. The number of furan rings is 1. The number of fused-ring (bicyclic) bond motifs is 1. The summed E-state index contributed by atoms with van der Waals surface area (Å²) < 4.78 is 23.2. The first-order valence-electron chi connectivity index (χ1n) is 12.1. The second-order valence-corrected chi connectivity index (χ2v) is 8.66. The SMILES string of the molecule is COc1cc2nccc(Oc3ccc(NC(=O)c4cc(C(C)=O)c(C)n(-c5ccco5)c4=O)cc3)c2nc1OC. The molecule has 1 amide bonds. The number of hydrogen-bond acceptors (Lipinski definition) is 9. The maximum absolute atomic E-state index is 13.2. The number of benzene rings is 1. The van der Waals surface area contributed by atoms with Gasteiger partial charge in [0.1, 0.15) is 16.8 Å². The molecular formula is C29H24N4O7. The molecule has 0 atom stereocenters. The van der Waals surface area contributed by atoms with Crippen LogP contribution in [0.25, 0.3) is 16.9 Å². The van der Waals surface area contributed by atoms with Gasteiger partial charge in [-0.1, -0.05) is 0 Å². The number of pyridine rings is 3. The molecule has 0 radical (unpaired) electrons. The summed E-state index contributed by atoms with van der Waals surface area (Å²) in [4.78, 5) is 47.4. The highest BCUT2D eigenvalue weighted by Crippen LogP contribution is 2.34. The summed E-state index contributed by atoms with van der Waals surface area (Å²) in [5, 5.41) is 2.70. The molecule has 40 heavy (non-hydrogen) atoms. The molecule has 0 bridgehead atoms. The molecule has 11 heteroatoms. The normalized spacial score (nSPS) is 10.8. The van der Waals surface area contributed by atoms with Gasteiger partial charge in [0.25, 0.3) is 17.3 Å². The number of hydrogen-bond donors (Lipinski definition) is 1. The van der Waals surface area contributed by atoms with Crippen LogP contribution in [-0.2, 0) is 0 Å². The molecule has 1 aromatic carbocycles. The predicted octanol–water partition coefficient (Wildman–Crippen LogP) is 4.95. The second-order valence-electron chi connectivity index (χ2n) is 8.66. The summed E-state index contributed by atoms with van der Waals surface area (Å²) in [7, 11) is 3.01. The predicted molar refractivity (Wildman–Crippen MR) is 146 cm³/mol. The largest absolute Gasteiger partial charge is 0.491 e. The van der Waals surface area contributed by atoms with Gasteiger partial charge in [0.2, 0.25) is 5.88 Å². The van der Waals surface area contributed by atoms with Crippen LogP contribution in [0.4, 0.5) is 5.69 Å². The van der Waals surface area contributed by atoms with Crippen molar-refractivity contribution in [2.75, 3.05) is 19.5 Å². The van der Waals surface area contributed by atoms with Crippen molar-refractivity contribution in [3.8, 4) is 29.0 Å². The van der Waals surface area contributed by atoms with Gasteiger partial charge < -0.3 is 23.9 Å². The molecule has 0 saturated heterocycles. The highest BCUT2D eigenvalue weighted by molar-refractivity contribution is 6.06. The highest BCUT2D eigenvalue weighted by atomic mass is 16.5. The molecule has 0 aliphatic rings. The van der Waals surface area contributed by atoms with Crippen LogP contribution in [0.2, 0.25) is 0 Å². The Kier molecular flexibility index (Phi) is 7.02. The molecular weight excluding hydrogens is 516 g/mol. The maximum Gasteiger partial charge on any atom is 0.270 e. The van der Waals surface area contributed by atoms with Gasteiger partial charge in [0.05, 0.1) is 26.0 Å². The number of nitrogens with zero attached hydrogens (tertiary/aromatic N) is 3. The summed E-state index contributed by atoms with van der Waals surface area (Å²) in [5.74, 6) is 0.888. The zero-order chi connectivity index (χ0) is 28.4. The third kappa shape index (κ3) is 4.87. The number of rotatable bonds is 8. The minimum absolute atomic E-state index is 0.203. The molecule has 0 aliphatic carbocycles. The summed E-state index contributed by atoms with van der Waals surface area (Å²) in [5.41, 5.74) is 1.24. The number of amides is 1. The van der Waals surface area contributed by atoms with E-state index in [0.29, 0.717) is 45.5 Å². The average Bonchev–Trinajstić information content (AvgIpc) is 3.48. The third-order valence-corrected chi connectivity index (χ3v) is 6.16. The Morgan fingerprint density at radius 3 is 2.40 bits per heavy atom. The van der Waals surface area contributed by atoms with Crippen LogP contribution in [-0.4, -0.2) is 40.4 Å². The minimum atomic E-state index is -0.674. The van der Waals surface area contributed by atoms with Gasteiger partial charge in [-0.25, -0.2) is 9.55 Å². The van der Waals surface area contributed by atoms with Gasteiger partial charge in [0, 0.05) is 41.3 Å². The molecule has 202 valence electrons. The quantitative estimate of drug-likeness (QED) is 0.271. The molecule has 4 heterocycles. The van der Waals surface area contributed by atoms with E-state index in [1.165, 1.54) is 38.0 Å². The zero-order valence-electron chi connectivity index (χ0n) is 22.1. The summed E-state index contributed by atoms with van der Waals surface area (Å²) >= 11 is 0. The summed E-state index contributed by atoms with van der Waals surface area (Å²) in [6, 6.07) is 14.4. The number of aromatic nitrogens is 3. The fourth-order valence-electron chi connectivity index (χ4n) is 4.20. The molecule has 1 N–H and O–H groups in total. The molecule has 0 aliphatic heterocycles. The van der Waals surface area contributed by atoms with Gasteiger partial charge in [0.15, 0.2) is 17.3 Å². The van der Waals surface area contributed by atoms with Gasteiger partial charge in [-0.15, -0.1) is 0 Å². The highest BCUT2D eigenvalue weighted by Gasteiger charge is 2.21. The molecule has 5 rings (SSSR count). The zero-order valence-corrected chi connectivity index (χ0v) is 22.1. The molecule has 0 fully saturated rings. The fraction of sp³-hybridized carbons (Fsp3) is 0.138. The van der Waals surface area contributed by atoms with Gasteiger partial charge in [-0.05, 0) is 50.2 Å². The number of ether oxygens (including phenoxy) is 3. The Morgan fingerprint density at radius 2 is 1.75 bits per heavy atom. The number of carbonyl (C=O) groups excluding carboxylic acids is 2. The van der Waals surface area contributed by atoms with E-state index >= 15 is 0 Å². The lowest BCUT2D eigenvalue weighted by Crippen LogP contribution is -2.31. The Bertz CT molecular complexity index is 1790. The van der Waals surface area contributed by atoms with Crippen molar-refractivity contribution in [3.63, 3.8) is 0 Å². The number of ketones is 1. The van der Waals surface area contributed by atoms with Crippen LogP contribution >= 0.6 is 0 Å². The van der Waals surface area contributed by atoms with Crippen molar-refractivity contribution in [2.24, 2.45) is 0 Å². The average molecular weight is 541 g/mol. The number of Topliss-reactive ketones (excluding diaryl/α,β-unsaturated/α-hetero) is 1. The fourth-order valence-corrected chi connectivity index (χ4v) is 4.20. The lowest BCUT2D eigenvalue weighted by Gasteiger charge is -2.14. The van der Waals surface area contributed by atoms with Crippen LogP contribution < -0.4 is 25.1 Å². The lowest BCUT2D eigenvalue weighted by molar-refractivity contribution is 0.101. The lowest BCUT2D eigenvalue weighted by atomic mass is 10.1. The van der Waals surface area contributed by atoms with Crippen LogP contribution in [0.3, 0.4) is 0 Å². The van der Waals surface area contributed by atoms with E-state index in [0.717, 1.165) is 0 Å². The monoisotopic (exact) mass is 540 g/mol. The smallest absolute Gasteiger partial charge is 0.270 e. The van der Waals surface area contributed by atoms with Crippen molar-refractivity contribution < 1.29 is 28.2 Å². The van der Waals surface area contributed by atoms with Gasteiger partial charge >= 0.3 is 0 Å². The maximum atomic E-state index is 13.2. The van der Waals surface area contributed by atoms with E-state index < -0.39 is 11.5 Å². The number of anilines is 1. The van der Waals surface area contributed by atoms with Crippen molar-refractivity contribution in [1.29, 1.82) is 0 Å². The number of methoxy groups -OCH3 is 2. The van der Waals surface area contributed by atoms with Gasteiger partial charge in [-0.3, -0.25) is 19.4 Å². The van der Waals surface area contributed by atoms with E-state index in [1.54, 1.807) is 61.7 Å². The second kappa shape index (κ2) is 10.7. The van der Waals surface area contributed by atoms with Crippen molar-refractivity contribution >= 4 is 28.4 Å². The van der Waals surface area contributed by atoms with Crippen molar-refractivity contribution in [1.82, 2.24) is 14.5 Å². The van der Waals surface area contributed by atoms with Gasteiger partial charge in [-0.2, -0.15) is 0 Å². The van der Waals surface area contributed by atoms with Crippen molar-refractivity contribution in [3.05, 3.63) is 94.2 Å². The third-order valence-electron chi connectivity index (χ3n) is 6.16. The van der Waals surface area contributed by atoms with E-state index in [1.807, 2.05) is 0 Å². The van der Waals surface area contributed by atoms with Crippen LogP contribution in [0.15, 0.2) is 76.3 Å². The van der Waals surface area contributed by atoms with E-state index in [2.05, 4.69) is 15.3 Å². The van der Waals surface area contributed by atoms with Crippen LogP contribution in [0.1, 0.15) is 33.3 Å². The number of nitrogens with one attached hydrogen (secondary N) is 1. The topological polar surface area (TPSA) is 135 Å². The first kappa shape index (κ1) is 26.2. The summed E-state index contributed by atoms with van der Waals surface area (Å²) in [6.45, 7) is 2.99. The standard InChI is InChI=1S/C29H24N4O7/c1-16-20(17(2)34)14-21(29(36)33(16)25-6-5-13-39-25)27(35)31-18-7-9-19(10-8-18)40-23-11-12-30-22-15-24(37-3)28(38-4)32-26(22)23/h5-15H,1-4H3,(H,31,35). The summed E-state index contributed by atoms with van der Waals surface area (Å²) in [6.07, 6.45) is 3.00. The Balaban J connectivity index is 1.41. The first-order chi connectivity index (χ1) is 19.3. The molecule has 5 aromatic rings. The molecule has 11 nitrogen and oxygen atoms in total. The van der Waals surface area contributed by atoms with E-state index in [9.17, 15) is 14.4 Å². The van der Waals surface area contributed by atoms with Crippen LogP contribution in [0.5, 0.6) is 23.1 Å². The Hall–Kier alpha value is -5.45. The number of carbonyl (C=O) groups is 2. The van der Waals surface area contributed by atoms with E-state index in [4.69, 9.17) is 18.6 Å². The van der Waals surface area contributed by atoms with Crippen LogP contribution in [0, 0.1) is 6.92 Å².